The molecule has 3 amide bonds. The summed E-state index contributed by atoms with van der Waals surface area (Å²) in [5.41, 5.74) is 14.4. The van der Waals surface area contributed by atoms with Crippen LogP contribution < -0.4 is 16.4 Å². The van der Waals surface area contributed by atoms with Crippen molar-refractivity contribution >= 4 is 17.8 Å². The number of amides is 3. The molecule has 0 unspecified atom stereocenters. The summed E-state index contributed by atoms with van der Waals surface area (Å²) in [6.45, 7) is 2.43. The number of pyridine rings is 2. The van der Waals surface area contributed by atoms with Crippen LogP contribution in [-0.4, -0.2) is 28.5 Å². The summed E-state index contributed by atoms with van der Waals surface area (Å²) in [4.78, 5) is 32.9. The number of carbonyl (C=O) groups excluding carboxylic acids is 2. The molecule has 0 bridgehead atoms. The molecule has 0 spiro atoms. The number of rotatable bonds is 2. The Kier molecular flexibility index (Phi) is 3.69. The Balaban J connectivity index is 2.07. The van der Waals surface area contributed by atoms with Crippen LogP contribution in [0.25, 0.3) is 11.1 Å². The van der Waals surface area contributed by atoms with E-state index >= 15 is 0 Å². The predicted molar refractivity (Wildman–Crippen MR) is 86.0 cm³/mol. The van der Waals surface area contributed by atoms with Crippen molar-refractivity contribution in [3.63, 3.8) is 0 Å². The van der Waals surface area contributed by atoms with E-state index in [4.69, 9.17) is 11.5 Å². The first-order chi connectivity index (χ1) is 11.0. The molecule has 118 valence electrons. The fraction of sp³-hybridized carbons (Fsp3) is 0.250. The molecule has 2 aromatic heterocycles. The van der Waals surface area contributed by atoms with Crippen LogP contribution in [0.3, 0.4) is 0 Å². The monoisotopic (exact) mass is 311 g/mol. The van der Waals surface area contributed by atoms with Crippen molar-refractivity contribution < 1.29 is 9.59 Å². The second-order valence-electron chi connectivity index (χ2n) is 5.52. The predicted octanol–water partition coefficient (Wildman–Crippen LogP) is 1.38. The lowest BCUT2D eigenvalue weighted by Crippen LogP contribution is -2.40. The number of aryl methyl sites for hydroxylation is 2. The third-order valence-electron chi connectivity index (χ3n) is 3.97. The molecule has 4 N–H and O–H groups in total. The number of hydrogen-bond donors (Lipinski definition) is 2. The lowest BCUT2D eigenvalue weighted by Gasteiger charge is -2.27. The van der Waals surface area contributed by atoms with Crippen molar-refractivity contribution in [3.8, 4) is 11.1 Å². The number of nitrogens with two attached hydrogens (primary N) is 2. The van der Waals surface area contributed by atoms with E-state index in [9.17, 15) is 9.59 Å². The fourth-order valence-corrected chi connectivity index (χ4v) is 2.79. The van der Waals surface area contributed by atoms with Crippen LogP contribution in [0.2, 0.25) is 0 Å². The minimum absolute atomic E-state index is 0.349. The van der Waals surface area contributed by atoms with Gasteiger partial charge in [0.25, 0.3) is 0 Å². The van der Waals surface area contributed by atoms with Crippen LogP contribution in [-0.2, 0) is 6.42 Å². The molecule has 0 aromatic carbocycles. The van der Waals surface area contributed by atoms with Crippen molar-refractivity contribution in [2.75, 3.05) is 11.4 Å². The Labute approximate surface area is 133 Å². The number of fused-ring (bicyclic) bond motifs is 1. The van der Waals surface area contributed by atoms with E-state index in [-0.39, 0.29) is 0 Å². The zero-order chi connectivity index (χ0) is 16.6. The Bertz CT molecular complexity index is 803. The van der Waals surface area contributed by atoms with Crippen molar-refractivity contribution in [1.29, 1.82) is 0 Å². The number of primary amides is 2. The van der Waals surface area contributed by atoms with E-state index in [2.05, 4.69) is 9.97 Å². The quantitative estimate of drug-likeness (QED) is 0.871. The summed E-state index contributed by atoms with van der Waals surface area (Å²) in [6, 6.07) is 3.18. The first-order valence-electron chi connectivity index (χ1n) is 7.30. The van der Waals surface area contributed by atoms with Gasteiger partial charge in [0.2, 0.25) is 5.91 Å². The topological polar surface area (TPSA) is 115 Å². The summed E-state index contributed by atoms with van der Waals surface area (Å²) in [7, 11) is 0. The minimum Gasteiger partial charge on any atom is -0.366 e. The second kappa shape index (κ2) is 5.68. The fourth-order valence-electron chi connectivity index (χ4n) is 2.79. The van der Waals surface area contributed by atoms with Gasteiger partial charge in [0.05, 0.1) is 5.56 Å². The van der Waals surface area contributed by atoms with Gasteiger partial charge in [-0.15, -0.1) is 0 Å². The molecule has 7 nitrogen and oxygen atoms in total. The first kappa shape index (κ1) is 15.0. The van der Waals surface area contributed by atoms with Gasteiger partial charge in [0.15, 0.2) is 0 Å². The zero-order valence-corrected chi connectivity index (χ0v) is 12.7. The Morgan fingerprint density at radius 3 is 2.65 bits per heavy atom. The summed E-state index contributed by atoms with van der Waals surface area (Å²) in [6.07, 6.45) is 4.78. The molecule has 3 rings (SSSR count). The van der Waals surface area contributed by atoms with Gasteiger partial charge >= 0.3 is 6.03 Å². The van der Waals surface area contributed by atoms with Crippen molar-refractivity contribution in [3.05, 3.63) is 41.3 Å². The molecule has 0 aliphatic carbocycles. The van der Waals surface area contributed by atoms with E-state index in [1.165, 1.54) is 11.1 Å². The number of carbonyl (C=O) groups is 2. The van der Waals surface area contributed by atoms with E-state index in [1.54, 1.807) is 12.3 Å². The van der Waals surface area contributed by atoms with Gasteiger partial charge in [-0.25, -0.2) is 9.78 Å². The average Bonchev–Trinajstić information content (AvgIpc) is 2.53. The van der Waals surface area contributed by atoms with Crippen LogP contribution in [0.1, 0.15) is 28.0 Å². The van der Waals surface area contributed by atoms with Gasteiger partial charge < -0.3 is 11.5 Å². The molecule has 0 fully saturated rings. The van der Waals surface area contributed by atoms with E-state index in [1.807, 2.05) is 13.0 Å². The highest BCUT2D eigenvalue weighted by molar-refractivity contribution is 5.94. The maximum Gasteiger partial charge on any atom is 0.320 e. The van der Waals surface area contributed by atoms with Crippen LogP contribution >= 0.6 is 0 Å². The van der Waals surface area contributed by atoms with E-state index in [0.717, 1.165) is 35.2 Å². The number of aromatic nitrogens is 2. The normalized spacial score (nSPS) is 13.5. The molecular weight excluding hydrogens is 294 g/mol. The third-order valence-corrected chi connectivity index (χ3v) is 3.97. The van der Waals surface area contributed by atoms with Gasteiger partial charge in [-0.2, -0.15) is 0 Å². The number of nitrogens with zero attached hydrogens (tertiary/aromatic N) is 3. The minimum atomic E-state index is -0.524. The summed E-state index contributed by atoms with van der Waals surface area (Å²) >= 11 is 0. The maximum absolute atomic E-state index is 11.5. The molecule has 0 atom stereocenters. The number of urea groups is 1. The number of anilines is 1. The Hall–Kier alpha value is -2.96. The molecule has 0 radical (unpaired) electrons. The lowest BCUT2D eigenvalue weighted by atomic mass is 9.99. The van der Waals surface area contributed by atoms with E-state index in [0.29, 0.717) is 17.9 Å². The average molecular weight is 311 g/mol. The molecule has 1 aliphatic heterocycles. The van der Waals surface area contributed by atoms with Crippen LogP contribution in [0.15, 0.2) is 24.5 Å². The highest BCUT2D eigenvalue weighted by Crippen LogP contribution is 2.30. The summed E-state index contributed by atoms with van der Waals surface area (Å²) in [5.74, 6) is 0.0775. The summed E-state index contributed by atoms with van der Waals surface area (Å²) in [5, 5.41) is 0. The molecule has 2 aromatic rings. The third kappa shape index (κ3) is 2.73. The van der Waals surface area contributed by atoms with E-state index < -0.39 is 11.9 Å². The van der Waals surface area contributed by atoms with Gasteiger partial charge in [-0.3, -0.25) is 14.7 Å². The molecule has 0 saturated heterocycles. The maximum atomic E-state index is 11.5. The van der Waals surface area contributed by atoms with Crippen molar-refractivity contribution in [1.82, 2.24) is 9.97 Å². The molecule has 3 heterocycles. The smallest absolute Gasteiger partial charge is 0.320 e. The first-order valence-corrected chi connectivity index (χ1v) is 7.30. The van der Waals surface area contributed by atoms with Crippen LogP contribution in [0.5, 0.6) is 0 Å². The van der Waals surface area contributed by atoms with Gasteiger partial charge in [0.1, 0.15) is 5.82 Å². The molecular formula is C16H17N5O2. The molecule has 0 saturated carbocycles. The zero-order valence-electron chi connectivity index (χ0n) is 12.7. The van der Waals surface area contributed by atoms with Crippen LogP contribution in [0.4, 0.5) is 10.6 Å². The standard InChI is InChI=1S/C16H17N5O2/c1-9-13(6-12(8-19-9)14(17)22)11-5-10-3-2-4-21(16(18)23)15(10)20-7-11/h5-8H,2-4H2,1H3,(H2,17,22)(H2,18,23). The van der Waals surface area contributed by atoms with Crippen LogP contribution in [0, 0.1) is 6.92 Å². The highest BCUT2D eigenvalue weighted by atomic mass is 16.2. The largest absolute Gasteiger partial charge is 0.366 e. The Morgan fingerprint density at radius 1 is 1.17 bits per heavy atom. The lowest BCUT2D eigenvalue weighted by molar-refractivity contribution is 0.1000. The van der Waals surface area contributed by atoms with Gasteiger partial charge in [-0.05, 0) is 37.5 Å². The molecule has 7 heteroatoms. The summed E-state index contributed by atoms with van der Waals surface area (Å²) < 4.78 is 0. The SMILES string of the molecule is Cc1ncc(C(N)=O)cc1-c1cnc2c(c1)CCCN2C(N)=O. The van der Waals surface area contributed by atoms with Crippen molar-refractivity contribution in [2.24, 2.45) is 11.5 Å². The van der Waals surface area contributed by atoms with Crippen molar-refractivity contribution in [2.45, 2.75) is 19.8 Å². The number of hydrogen-bond acceptors (Lipinski definition) is 4. The molecule has 1 aliphatic rings. The highest BCUT2D eigenvalue weighted by Gasteiger charge is 2.22. The molecule has 23 heavy (non-hydrogen) atoms. The Morgan fingerprint density at radius 2 is 1.96 bits per heavy atom. The van der Waals surface area contributed by atoms with Gasteiger partial charge in [-0.1, -0.05) is 0 Å². The van der Waals surface area contributed by atoms with Gasteiger partial charge in [0, 0.05) is 35.8 Å². The second-order valence-corrected chi connectivity index (χ2v) is 5.52.